The van der Waals surface area contributed by atoms with Crippen LogP contribution in [0.1, 0.15) is 28.3 Å². The zero-order valence-corrected chi connectivity index (χ0v) is 10.1. The molecule has 2 N–H and O–H groups in total. The minimum absolute atomic E-state index is 0.233. The molecule has 0 bridgehead atoms. The first kappa shape index (κ1) is 11.3. The summed E-state index contributed by atoms with van der Waals surface area (Å²) in [7, 11) is 0. The topological polar surface area (TPSA) is 26.0 Å². The first-order valence-electron chi connectivity index (χ1n) is 5.14. The van der Waals surface area contributed by atoms with E-state index in [1.807, 2.05) is 30.7 Å². The molecular weight excluding hydrogens is 221 g/mol. The van der Waals surface area contributed by atoms with Crippen LogP contribution in [0.15, 0.2) is 29.0 Å². The molecule has 2 rings (SSSR count). The number of hydrogen-bond acceptors (Lipinski definition) is 2. The van der Waals surface area contributed by atoms with Crippen LogP contribution >= 0.6 is 11.3 Å². The summed E-state index contributed by atoms with van der Waals surface area (Å²) in [5.41, 5.74) is 9.83. The number of aryl methyl sites for hydroxylation is 2. The van der Waals surface area contributed by atoms with E-state index in [-0.39, 0.29) is 11.9 Å². The van der Waals surface area contributed by atoms with Crippen LogP contribution < -0.4 is 5.73 Å². The fourth-order valence-corrected chi connectivity index (χ4v) is 2.65. The third-order valence-electron chi connectivity index (χ3n) is 2.72. The van der Waals surface area contributed by atoms with Crippen LogP contribution in [0.2, 0.25) is 0 Å². The van der Waals surface area contributed by atoms with E-state index in [1.165, 1.54) is 6.07 Å². The second-order valence-electron chi connectivity index (χ2n) is 4.01. The summed E-state index contributed by atoms with van der Waals surface area (Å²) in [5, 5.41) is 4.02. The number of benzene rings is 1. The van der Waals surface area contributed by atoms with Crippen molar-refractivity contribution in [3.05, 3.63) is 57.0 Å². The van der Waals surface area contributed by atoms with Crippen LogP contribution in [0.5, 0.6) is 0 Å². The van der Waals surface area contributed by atoms with Crippen LogP contribution in [-0.4, -0.2) is 0 Å². The van der Waals surface area contributed by atoms with Gasteiger partial charge in [0, 0.05) is 5.56 Å². The van der Waals surface area contributed by atoms with Gasteiger partial charge in [-0.15, -0.1) is 0 Å². The molecule has 1 unspecified atom stereocenters. The predicted molar refractivity (Wildman–Crippen MR) is 66.2 cm³/mol. The molecule has 0 aliphatic carbocycles. The lowest BCUT2D eigenvalue weighted by Gasteiger charge is -2.13. The van der Waals surface area contributed by atoms with Gasteiger partial charge in [-0.2, -0.15) is 11.3 Å². The van der Waals surface area contributed by atoms with Crippen molar-refractivity contribution in [1.82, 2.24) is 0 Å². The van der Waals surface area contributed by atoms with Crippen molar-refractivity contribution in [3.8, 4) is 0 Å². The molecule has 0 fully saturated rings. The molecule has 1 aromatic heterocycles. The van der Waals surface area contributed by atoms with Gasteiger partial charge in [-0.1, -0.05) is 17.7 Å². The third-order valence-corrected chi connectivity index (χ3v) is 3.60. The van der Waals surface area contributed by atoms with Crippen LogP contribution in [-0.2, 0) is 0 Å². The van der Waals surface area contributed by atoms with E-state index >= 15 is 0 Å². The van der Waals surface area contributed by atoms with Crippen molar-refractivity contribution in [1.29, 1.82) is 0 Å². The second-order valence-corrected chi connectivity index (χ2v) is 4.76. The third kappa shape index (κ3) is 2.01. The molecule has 2 aromatic rings. The fraction of sp³-hybridized carbons (Fsp3) is 0.231. The van der Waals surface area contributed by atoms with Gasteiger partial charge < -0.3 is 5.73 Å². The zero-order valence-electron chi connectivity index (χ0n) is 9.33. The van der Waals surface area contributed by atoms with Gasteiger partial charge in [0.1, 0.15) is 5.82 Å². The van der Waals surface area contributed by atoms with E-state index < -0.39 is 0 Å². The smallest absolute Gasteiger partial charge is 0.128 e. The van der Waals surface area contributed by atoms with Crippen LogP contribution in [0.25, 0.3) is 0 Å². The monoisotopic (exact) mass is 235 g/mol. The Balaban J connectivity index is 2.45. The molecule has 16 heavy (non-hydrogen) atoms. The van der Waals surface area contributed by atoms with Gasteiger partial charge in [0.15, 0.2) is 0 Å². The van der Waals surface area contributed by atoms with Crippen molar-refractivity contribution in [2.75, 3.05) is 0 Å². The lowest BCUT2D eigenvalue weighted by molar-refractivity contribution is 0.599. The first-order valence-corrected chi connectivity index (χ1v) is 6.08. The first-order chi connectivity index (χ1) is 7.59. The van der Waals surface area contributed by atoms with Gasteiger partial charge in [-0.25, -0.2) is 4.39 Å². The van der Waals surface area contributed by atoms with E-state index in [2.05, 4.69) is 0 Å². The summed E-state index contributed by atoms with van der Waals surface area (Å²) < 4.78 is 13.7. The highest BCUT2D eigenvalue weighted by Gasteiger charge is 2.16. The summed E-state index contributed by atoms with van der Waals surface area (Å²) in [6, 6.07) is 4.68. The Morgan fingerprint density at radius 3 is 2.56 bits per heavy atom. The van der Waals surface area contributed by atoms with E-state index in [0.29, 0.717) is 5.56 Å². The normalized spacial score (nSPS) is 12.8. The van der Waals surface area contributed by atoms with E-state index in [9.17, 15) is 4.39 Å². The summed E-state index contributed by atoms with van der Waals surface area (Å²) in [6.07, 6.45) is 0. The fourth-order valence-electron chi connectivity index (χ4n) is 1.76. The molecular formula is C13H14FNS. The standard InChI is InChI=1S/C13H14FNS/c1-8-3-4-12(14)10(5-8)13(15)11-7-16-6-9(11)2/h3-7,13H,15H2,1-2H3. The van der Waals surface area contributed by atoms with E-state index in [0.717, 1.165) is 16.7 Å². The van der Waals surface area contributed by atoms with E-state index in [1.54, 1.807) is 17.4 Å². The number of hydrogen-bond donors (Lipinski definition) is 1. The van der Waals surface area contributed by atoms with Crippen molar-refractivity contribution in [3.63, 3.8) is 0 Å². The van der Waals surface area contributed by atoms with Crippen LogP contribution in [0, 0.1) is 19.7 Å². The Hall–Kier alpha value is -1.19. The molecule has 0 saturated carbocycles. The molecule has 0 radical (unpaired) electrons. The minimum Gasteiger partial charge on any atom is -0.320 e. The summed E-state index contributed by atoms with van der Waals surface area (Å²) in [4.78, 5) is 0. The van der Waals surface area contributed by atoms with Crippen LogP contribution in [0.4, 0.5) is 4.39 Å². The van der Waals surface area contributed by atoms with Gasteiger partial charge in [0.25, 0.3) is 0 Å². The van der Waals surface area contributed by atoms with Gasteiger partial charge in [-0.05, 0) is 41.8 Å². The Bertz CT molecular complexity index is 504. The number of rotatable bonds is 2. The van der Waals surface area contributed by atoms with Gasteiger partial charge in [-0.3, -0.25) is 0 Å². The maximum Gasteiger partial charge on any atom is 0.128 e. The SMILES string of the molecule is Cc1ccc(F)c(C(N)c2cscc2C)c1. The molecule has 1 aromatic carbocycles. The number of halogens is 1. The highest BCUT2D eigenvalue weighted by atomic mass is 32.1. The van der Waals surface area contributed by atoms with Gasteiger partial charge in [0.2, 0.25) is 0 Å². The summed E-state index contributed by atoms with van der Waals surface area (Å²) in [6.45, 7) is 3.94. The molecule has 0 aliphatic rings. The zero-order chi connectivity index (χ0) is 11.7. The number of nitrogens with two attached hydrogens (primary N) is 1. The van der Waals surface area contributed by atoms with Crippen molar-refractivity contribution < 1.29 is 4.39 Å². The van der Waals surface area contributed by atoms with Crippen molar-refractivity contribution in [2.45, 2.75) is 19.9 Å². The quantitative estimate of drug-likeness (QED) is 0.846. The number of thiophene rings is 1. The van der Waals surface area contributed by atoms with Gasteiger partial charge >= 0.3 is 0 Å². The Morgan fingerprint density at radius 2 is 1.94 bits per heavy atom. The highest BCUT2D eigenvalue weighted by molar-refractivity contribution is 7.08. The molecule has 3 heteroatoms. The predicted octanol–water partition coefficient (Wildman–Crippen LogP) is 3.55. The Kier molecular flexibility index (Phi) is 3.08. The maximum absolute atomic E-state index is 13.7. The molecule has 0 spiro atoms. The maximum atomic E-state index is 13.7. The summed E-state index contributed by atoms with van der Waals surface area (Å²) >= 11 is 1.60. The van der Waals surface area contributed by atoms with Crippen molar-refractivity contribution >= 4 is 11.3 Å². The average Bonchev–Trinajstić information content (AvgIpc) is 2.67. The lowest BCUT2D eigenvalue weighted by Crippen LogP contribution is -2.14. The summed E-state index contributed by atoms with van der Waals surface area (Å²) in [5.74, 6) is -0.233. The van der Waals surface area contributed by atoms with E-state index in [4.69, 9.17) is 5.73 Å². The average molecular weight is 235 g/mol. The molecule has 0 aliphatic heterocycles. The molecule has 84 valence electrons. The lowest BCUT2D eigenvalue weighted by atomic mass is 9.97. The molecule has 1 heterocycles. The highest BCUT2D eigenvalue weighted by Crippen LogP contribution is 2.27. The van der Waals surface area contributed by atoms with Crippen LogP contribution in [0.3, 0.4) is 0 Å². The second kappa shape index (κ2) is 4.36. The molecule has 0 amide bonds. The largest absolute Gasteiger partial charge is 0.320 e. The Labute approximate surface area is 98.7 Å². The molecule has 1 atom stereocenters. The molecule has 1 nitrogen and oxygen atoms in total. The molecule has 0 saturated heterocycles. The van der Waals surface area contributed by atoms with Gasteiger partial charge in [0.05, 0.1) is 6.04 Å². The van der Waals surface area contributed by atoms with Crippen molar-refractivity contribution in [2.24, 2.45) is 5.73 Å². The Morgan fingerprint density at radius 1 is 1.19 bits per heavy atom. The minimum atomic E-state index is -0.369.